The first kappa shape index (κ1) is 27.5. The molecule has 0 spiro atoms. The third-order valence-corrected chi connectivity index (χ3v) is 8.49. The van der Waals surface area contributed by atoms with E-state index in [4.69, 9.17) is 4.55 Å². The molecule has 15 heteroatoms. The number of anilines is 4. The number of amides is 1. The number of fused-ring (bicyclic) bond motifs is 2. The predicted octanol–water partition coefficient (Wildman–Crippen LogP) is 2.55. The zero-order chi connectivity index (χ0) is 28.5. The highest BCUT2D eigenvalue weighted by Crippen LogP contribution is 2.32. The molecule has 0 unspecified atom stereocenters. The molecule has 4 aromatic rings. The van der Waals surface area contributed by atoms with Crippen molar-refractivity contribution in [2.75, 3.05) is 33.0 Å². The van der Waals surface area contributed by atoms with Crippen molar-refractivity contribution in [2.24, 2.45) is 0 Å². The number of sulfonamides is 1. The minimum Gasteiger partial charge on any atom is -0.328 e. The molecule has 1 aliphatic heterocycles. The first-order valence-corrected chi connectivity index (χ1v) is 15.7. The average molecular weight is 586 g/mol. The molecule has 0 atom stereocenters. The average Bonchev–Trinajstić information content (AvgIpc) is 3.43. The fourth-order valence-electron chi connectivity index (χ4n) is 4.46. The molecule has 40 heavy (non-hydrogen) atoms. The number of nitrogens with one attached hydrogen (secondary N) is 2. The van der Waals surface area contributed by atoms with E-state index in [-0.39, 0.29) is 36.9 Å². The van der Waals surface area contributed by atoms with E-state index in [1.54, 1.807) is 37.4 Å². The monoisotopic (exact) mass is 585 g/mol. The normalized spacial score (nSPS) is 13.6. The zero-order valence-electron chi connectivity index (χ0n) is 21.5. The number of nitrogens with zero attached hydrogens (tertiary/aromatic N) is 5. The van der Waals surface area contributed by atoms with Gasteiger partial charge in [-0.2, -0.15) is 13.4 Å². The van der Waals surface area contributed by atoms with E-state index in [9.17, 15) is 21.6 Å². The number of benzene rings is 1. The maximum Gasteiger partial charge on any atom is 0.264 e. The van der Waals surface area contributed by atoms with Crippen LogP contribution >= 0.6 is 0 Å². The summed E-state index contributed by atoms with van der Waals surface area (Å²) in [4.78, 5) is 27.3. The quantitative estimate of drug-likeness (QED) is 0.222. The molecule has 3 N–H and O–H groups in total. The Labute approximate surface area is 231 Å². The standard InChI is InChI=1S/C25H27N7O6S2/c1-2-39(34,35)30-23-18(5-3-9-26-23)16-31-11-8-17-15-27-25(29-24(17)31)28-20-6-7-21-19(13-20)14-22(33)32(21)10-4-12-40(36,37)38/h3,5-9,11,13,15H,2,4,10,12,14,16H2,1H3,(H,26,30)(H,27,28,29)(H,36,37,38). The molecular weight excluding hydrogens is 558 g/mol. The molecule has 0 aliphatic carbocycles. The largest absolute Gasteiger partial charge is 0.328 e. The third kappa shape index (κ3) is 6.21. The lowest BCUT2D eigenvalue weighted by Crippen LogP contribution is -2.29. The van der Waals surface area contributed by atoms with Crippen LogP contribution in [-0.4, -0.2) is 64.9 Å². The van der Waals surface area contributed by atoms with E-state index < -0.39 is 25.9 Å². The van der Waals surface area contributed by atoms with Crippen molar-refractivity contribution in [2.45, 2.75) is 26.3 Å². The number of carbonyl (C=O) groups excluding carboxylic acids is 1. The van der Waals surface area contributed by atoms with Gasteiger partial charge in [0.1, 0.15) is 11.5 Å². The summed E-state index contributed by atoms with van der Waals surface area (Å²) >= 11 is 0. The van der Waals surface area contributed by atoms with Gasteiger partial charge in [-0.15, -0.1) is 0 Å². The van der Waals surface area contributed by atoms with E-state index in [1.807, 2.05) is 22.9 Å². The SMILES string of the molecule is CCS(=O)(=O)Nc1ncccc1Cn1ccc2cnc(Nc3ccc4c(c3)CC(=O)N4CCCS(=O)(=O)O)nc21. The summed E-state index contributed by atoms with van der Waals surface area (Å²) in [6, 6.07) is 10.8. The van der Waals surface area contributed by atoms with Gasteiger partial charge in [0.2, 0.25) is 21.9 Å². The van der Waals surface area contributed by atoms with Crippen molar-refractivity contribution in [1.82, 2.24) is 19.5 Å². The molecule has 210 valence electrons. The Bertz CT molecular complexity index is 1810. The highest BCUT2D eigenvalue weighted by molar-refractivity contribution is 7.92. The minimum absolute atomic E-state index is 0.0688. The fraction of sp³-hybridized carbons (Fsp3) is 0.280. The summed E-state index contributed by atoms with van der Waals surface area (Å²) in [5, 5.41) is 3.96. The van der Waals surface area contributed by atoms with Crippen molar-refractivity contribution < 1.29 is 26.2 Å². The summed E-state index contributed by atoms with van der Waals surface area (Å²) in [6.45, 7) is 2.07. The van der Waals surface area contributed by atoms with Gasteiger partial charge in [-0.3, -0.25) is 14.1 Å². The van der Waals surface area contributed by atoms with E-state index in [2.05, 4.69) is 25.0 Å². The van der Waals surface area contributed by atoms with Crippen molar-refractivity contribution in [3.05, 3.63) is 66.1 Å². The van der Waals surface area contributed by atoms with Crippen LogP contribution in [0.3, 0.4) is 0 Å². The molecule has 3 aromatic heterocycles. The van der Waals surface area contributed by atoms with Crippen LogP contribution in [0.1, 0.15) is 24.5 Å². The third-order valence-electron chi connectivity index (χ3n) is 6.42. The summed E-state index contributed by atoms with van der Waals surface area (Å²) in [5.41, 5.74) is 3.46. The van der Waals surface area contributed by atoms with Crippen molar-refractivity contribution in [3.8, 4) is 0 Å². The van der Waals surface area contributed by atoms with Crippen LogP contribution in [0.2, 0.25) is 0 Å². The fourth-order valence-corrected chi connectivity index (χ4v) is 5.58. The summed E-state index contributed by atoms with van der Waals surface area (Å²) in [6.07, 6.45) is 5.35. The highest BCUT2D eigenvalue weighted by Gasteiger charge is 2.27. The minimum atomic E-state index is -4.09. The molecule has 0 bridgehead atoms. The molecule has 1 amide bonds. The van der Waals surface area contributed by atoms with Gasteiger partial charge in [0.05, 0.1) is 24.5 Å². The Morgan fingerprint density at radius 1 is 1.10 bits per heavy atom. The van der Waals surface area contributed by atoms with E-state index in [1.165, 1.54) is 11.1 Å². The van der Waals surface area contributed by atoms with Gasteiger partial charge in [-0.1, -0.05) is 6.07 Å². The Balaban J connectivity index is 1.34. The van der Waals surface area contributed by atoms with Crippen LogP contribution in [0.25, 0.3) is 11.0 Å². The van der Waals surface area contributed by atoms with Crippen LogP contribution in [0.4, 0.5) is 23.1 Å². The van der Waals surface area contributed by atoms with Crippen molar-refractivity contribution >= 4 is 60.2 Å². The van der Waals surface area contributed by atoms with E-state index in [0.717, 1.165) is 10.9 Å². The molecule has 5 rings (SSSR count). The summed E-state index contributed by atoms with van der Waals surface area (Å²) in [5.74, 6) is -0.0307. The maximum atomic E-state index is 12.5. The lowest BCUT2D eigenvalue weighted by molar-refractivity contribution is -0.117. The first-order valence-electron chi connectivity index (χ1n) is 12.4. The van der Waals surface area contributed by atoms with Gasteiger partial charge in [-0.05, 0) is 49.2 Å². The van der Waals surface area contributed by atoms with Gasteiger partial charge in [-0.25, -0.2) is 18.4 Å². The highest BCUT2D eigenvalue weighted by atomic mass is 32.2. The molecule has 13 nitrogen and oxygen atoms in total. The summed E-state index contributed by atoms with van der Waals surface area (Å²) < 4.78 is 59.6. The first-order chi connectivity index (χ1) is 19.0. The smallest absolute Gasteiger partial charge is 0.264 e. The van der Waals surface area contributed by atoms with Gasteiger partial charge < -0.3 is 14.8 Å². The molecule has 0 saturated carbocycles. The Morgan fingerprint density at radius 2 is 1.93 bits per heavy atom. The van der Waals surface area contributed by atoms with Crippen molar-refractivity contribution in [1.29, 1.82) is 0 Å². The number of hydrogen-bond acceptors (Lipinski definition) is 9. The number of carbonyl (C=O) groups is 1. The number of pyridine rings is 1. The predicted molar refractivity (Wildman–Crippen MR) is 151 cm³/mol. The second kappa shape index (κ2) is 10.8. The Kier molecular flexibility index (Phi) is 7.44. The molecule has 4 heterocycles. The molecule has 0 fully saturated rings. The number of hydrogen-bond donors (Lipinski definition) is 3. The number of aromatic nitrogens is 4. The van der Waals surface area contributed by atoms with Gasteiger partial charge in [0.15, 0.2) is 0 Å². The molecule has 1 aromatic carbocycles. The second-order valence-corrected chi connectivity index (χ2v) is 12.8. The van der Waals surface area contributed by atoms with Crippen LogP contribution in [0.5, 0.6) is 0 Å². The lowest BCUT2D eigenvalue weighted by Gasteiger charge is -2.17. The number of rotatable bonds is 11. The van der Waals surface area contributed by atoms with Crippen LogP contribution in [-0.2, 0) is 37.9 Å². The Hall–Kier alpha value is -4.08. The zero-order valence-corrected chi connectivity index (χ0v) is 23.1. The molecular formula is C25H27N7O6S2. The topological polar surface area (TPSA) is 176 Å². The maximum absolute atomic E-state index is 12.5. The van der Waals surface area contributed by atoms with Crippen LogP contribution in [0, 0.1) is 0 Å². The molecule has 0 radical (unpaired) electrons. The molecule has 0 saturated heterocycles. The molecule has 1 aliphatic rings. The van der Waals surface area contributed by atoms with Crippen LogP contribution < -0.4 is 14.9 Å². The van der Waals surface area contributed by atoms with Crippen LogP contribution in [0.15, 0.2) is 55.0 Å². The summed E-state index contributed by atoms with van der Waals surface area (Å²) in [7, 11) is -7.58. The van der Waals surface area contributed by atoms with E-state index >= 15 is 0 Å². The Morgan fingerprint density at radius 3 is 2.70 bits per heavy atom. The van der Waals surface area contributed by atoms with E-state index in [0.29, 0.717) is 35.1 Å². The van der Waals surface area contributed by atoms with Gasteiger partial charge in [0.25, 0.3) is 10.1 Å². The van der Waals surface area contributed by atoms with Crippen molar-refractivity contribution in [3.63, 3.8) is 0 Å². The lowest BCUT2D eigenvalue weighted by atomic mass is 10.1. The van der Waals surface area contributed by atoms with Gasteiger partial charge in [0, 0.05) is 47.5 Å². The second-order valence-electron chi connectivity index (χ2n) is 9.26. The van der Waals surface area contributed by atoms with Gasteiger partial charge >= 0.3 is 0 Å².